The van der Waals surface area contributed by atoms with Gasteiger partial charge < -0.3 is 4.74 Å². The van der Waals surface area contributed by atoms with E-state index in [4.69, 9.17) is 4.74 Å². The van der Waals surface area contributed by atoms with Crippen LogP contribution >= 0.6 is 0 Å². The normalized spacial score (nSPS) is 10.8. The second-order valence-electron chi connectivity index (χ2n) is 8.15. The van der Waals surface area contributed by atoms with Gasteiger partial charge in [-0.3, -0.25) is 0 Å². The van der Waals surface area contributed by atoms with E-state index in [0.29, 0.717) is 24.5 Å². The van der Waals surface area contributed by atoms with Crippen molar-refractivity contribution >= 4 is 0 Å². The zero-order valence-electron chi connectivity index (χ0n) is 19.5. The molecular weight excluding hydrogens is 485 g/mol. The molecule has 0 saturated carbocycles. The Kier molecular flexibility index (Phi) is 9.40. The first kappa shape index (κ1) is 27.1. The summed E-state index contributed by atoms with van der Waals surface area (Å²) in [5, 5.41) is 0. The fraction of sp³-hybridized carbons (Fsp3) is 0.286. The Morgan fingerprint density at radius 3 is 1.78 bits per heavy atom. The van der Waals surface area contributed by atoms with Crippen molar-refractivity contribution < 1.29 is 35.5 Å². The second-order valence-corrected chi connectivity index (χ2v) is 8.15. The van der Waals surface area contributed by atoms with E-state index in [1.54, 1.807) is 0 Å². The lowest BCUT2D eigenvalue weighted by molar-refractivity contribution is 0.304. The molecule has 0 spiro atoms. The summed E-state index contributed by atoms with van der Waals surface area (Å²) < 4.78 is 104. The lowest BCUT2D eigenvalue weighted by Crippen LogP contribution is -2.04. The summed E-state index contributed by atoms with van der Waals surface area (Å²) in [6.45, 7) is 2.60. The Balaban J connectivity index is 1.78. The molecular formula is C28H23F7O. The van der Waals surface area contributed by atoms with Crippen molar-refractivity contribution in [1.29, 1.82) is 0 Å². The van der Waals surface area contributed by atoms with Crippen molar-refractivity contribution in [2.45, 2.75) is 45.4 Å². The van der Waals surface area contributed by atoms with Crippen molar-refractivity contribution in [1.82, 2.24) is 0 Å². The zero-order valence-corrected chi connectivity index (χ0v) is 19.5. The summed E-state index contributed by atoms with van der Waals surface area (Å²) in [7, 11) is 0. The lowest BCUT2D eigenvalue weighted by atomic mass is 10.0. The molecule has 0 bridgehead atoms. The minimum atomic E-state index is -1.78. The number of halogens is 7. The van der Waals surface area contributed by atoms with Crippen LogP contribution in [0.1, 0.15) is 56.6 Å². The summed E-state index contributed by atoms with van der Waals surface area (Å²) in [6, 6.07) is 6.38. The highest BCUT2D eigenvalue weighted by Crippen LogP contribution is 2.33. The van der Waals surface area contributed by atoms with Crippen molar-refractivity contribution in [3.8, 4) is 28.7 Å². The predicted octanol–water partition coefficient (Wildman–Crippen LogP) is 8.47. The van der Waals surface area contributed by atoms with Crippen LogP contribution in [-0.2, 0) is 0 Å². The Bertz CT molecular complexity index is 1220. The van der Waals surface area contributed by atoms with E-state index in [0.717, 1.165) is 25.7 Å². The molecule has 0 aromatic heterocycles. The van der Waals surface area contributed by atoms with Gasteiger partial charge in [-0.1, -0.05) is 63.0 Å². The third kappa shape index (κ3) is 6.39. The maximum atomic E-state index is 14.7. The molecule has 3 aromatic carbocycles. The van der Waals surface area contributed by atoms with Gasteiger partial charge in [-0.15, -0.1) is 0 Å². The van der Waals surface area contributed by atoms with E-state index in [1.807, 2.05) is 11.8 Å². The lowest BCUT2D eigenvalue weighted by Gasteiger charge is -2.11. The molecule has 0 heterocycles. The Labute approximate surface area is 204 Å². The van der Waals surface area contributed by atoms with E-state index < -0.39 is 57.4 Å². The van der Waals surface area contributed by atoms with Gasteiger partial charge in [-0.25, -0.2) is 30.7 Å². The highest BCUT2D eigenvalue weighted by atomic mass is 19.2. The maximum Gasteiger partial charge on any atom is 0.194 e. The molecule has 0 radical (unpaired) electrons. The van der Waals surface area contributed by atoms with Gasteiger partial charge >= 0.3 is 0 Å². The van der Waals surface area contributed by atoms with Crippen molar-refractivity contribution in [3.63, 3.8) is 0 Å². The standard InChI is InChI=1S/C28H23F7O/c1-2-3-4-5-6-7-14-36-19-11-9-18(10-12-19)23-27(34)24(31)20(25(32)28(23)35)13-8-17-15-21(29)26(33)22(30)16-17/h9-12,15-16H,2-7,14H2,1H3. The quantitative estimate of drug-likeness (QED) is 0.0926. The molecule has 0 unspecified atom stereocenters. The van der Waals surface area contributed by atoms with Gasteiger partial charge in [0.15, 0.2) is 40.7 Å². The Morgan fingerprint density at radius 2 is 1.19 bits per heavy atom. The van der Waals surface area contributed by atoms with Crippen LogP contribution in [0.3, 0.4) is 0 Å². The van der Waals surface area contributed by atoms with Crippen molar-refractivity contribution in [2.24, 2.45) is 0 Å². The van der Waals surface area contributed by atoms with Crippen LogP contribution in [0.5, 0.6) is 5.75 Å². The van der Waals surface area contributed by atoms with Gasteiger partial charge in [0.2, 0.25) is 0 Å². The molecule has 0 saturated heterocycles. The van der Waals surface area contributed by atoms with Crippen LogP contribution in [-0.4, -0.2) is 6.61 Å². The fourth-order valence-electron chi connectivity index (χ4n) is 3.55. The largest absolute Gasteiger partial charge is 0.494 e. The second kappa shape index (κ2) is 12.5. The van der Waals surface area contributed by atoms with Crippen LogP contribution in [0.4, 0.5) is 30.7 Å². The van der Waals surface area contributed by atoms with E-state index in [-0.39, 0.29) is 5.56 Å². The SMILES string of the molecule is CCCCCCCCOc1ccc(-c2c(F)c(F)c(C#Cc3cc(F)c(F)c(F)c3)c(F)c2F)cc1. The summed E-state index contributed by atoms with van der Waals surface area (Å²) in [4.78, 5) is 0. The molecule has 0 aliphatic carbocycles. The van der Waals surface area contributed by atoms with Gasteiger partial charge in [0.05, 0.1) is 12.2 Å². The smallest absolute Gasteiger partial charge is 0.194 e. The monoisotopic (exact) mass is 508 g/mol. The molecule has 3 rings (SSSR count). The number of benzene rings is 3. The number of hydrogen-bond acceptors (Lipinski definition) is 1. The molecule has 0 amide bonds. The molecule has 0 fully saturated rings. The Hall–Kier alpha value is -3.47. The molecule has 1 nitrogen and oxygen atoms in total. The predicted molar refractivity (Wildman–Crippen MR) is 123 cm³/mol. The number of ether oxygens (including phenoxy) is 1. The van der Waals surface area contributed by atoms with Crippen LogP contribution in [0.25, 0.3) is 11.1 Å². The maximum absolute atomic E-state index is 14.7. The van der Waals surface area contributed by atoms with E-state index in [1.165, 1.54) is 37.1 Å². The molecule has 0 aliphatic rings. The van der Waals surface area contributed by atoms with Crippen LogP contribution in [0, 0.1) is 52.6 Å². The van der Waals surface area contributed by atoms with Crippen molar-refractivity contribution in [2.75, 3.05) is 6.61 Å². The number of unbranched alkanes of at least 4 members (excludes halogenated alkanes) is 5. The van der Waals surface area contributed by atoms with Crippen LogP contribution in [0.2, 0.25) is 0 Å². The summed E-state index contributed by atoms with van der Waals surface area (Å²) in [5.41, 5.74) is -2.81. The number of rotatable bonds is 9. The van der Waals surface area contributed by atoms with Crippen LogP contribution in [0.15, 0.2) is 36.4 Å². The zero-order chi connectivity index (χ0) is 26.2. The number of hydrogen-bond donors (Lipinski definition) is 0. The molecule has 3 aromatic rings. The first-order valence-electron chi connectivity index (χ1n) is 11.5. The minimum Gasteiger partial charge on any atom is -0.494 e. The Morgan fingerprint density at radius 1 is 0.639 bits per heavy atom. The summed E-state index contributed by atoms with van der Waals surface area (Å²) in [5.74, 6) is -7.57. The molecule has 0 atom stereocenters. The third-order valence-electron chi connectivity index (χ3n) is 5.49. The van der Waals surface area contributed by atoms with Gasteiger partial charge in [-0.2, -0.15) is 0 Å². The van der Waals surface area contributed by atoms with E-state index in [9.17, 15) is 30.7 Å². The topological polar surface area (TPSA) is 9.23 Å². The first-order chi connectivity index (χ1) is 17.2. The highest BCUT2D eigenvalue weighted by Gasteiger charge is 2.25. The van der Waals surface area contributed by atoms with Gasteiger partial charge in [-0.05, 0) is 36.2 Å². The molecule has 8 heteroatoms. The average Bonchev–Trinajstić information content (AvgIpc) is 2.86. The summed E-state index contributed by atoms with van der Waals surface area (Å²) in [6.07, 6.45) is 6.51. The molecule has 0 N–H and O–H groups in total. The van der Waals surface area contributed by atoms with Crippen LogP contribution < -0.4 is 4.74 Å². The van der Waals surface area contributed by atoms with Gasteiger partial charge in [0.1, 0.15) is 11.3 Å². The molecule has 0 aliphatic heterocycles. The van der Waals surface area contributed by atoms with E-state index >= 15 is 0 Å². The average molecular weight is 508 g/mol. The first-order valence-corrected chi connectivity index (χ1v) is 11.5. The third-order valence-corrected chi connectivity index (χ3v) is 5.49. The van der Waals surface area contributed by atoms with Gasteiger partial charge in [0.25, 0.3) is 0 Å². The van der Waals surface area contributed by atoms with Crippen molar-refractivity contribution in [3.05, 3.63) is 88.2 Å². The minimum absolute atomic E-state index is 0.128. The highest BCUT2D eigenvalue weighted by molar-refractivity contribution is 5.67. The fourth-order valence-corrected chi connectivity index (χ4v) is 3.55. The van der Waals surface area contributed by atoms with E-state index in [2.05, 4.69) is 6.92 Å². The molecule has 190 valence electrons. The van der Waals surface area contributed by atoms with Gasteiger partial charge in [0, 0.05) is 5.56 Å². The summed E-state index contributed by atoms with van der Waals surface area (Å²) >= 11 is 0. The molecule has 36 heavy (non-hydrogen) atoms.